The van der Waals surface area contributed by atoms with E-state index in [0.29, 0.717) is 17.8 Å². The maximum Gasteiger partial charge on any atom is 0.308 e. The summed E-state index contributed by atoms with van der Waals surface area (Å²) in [5, 5.41) is 20.9. The van der Waals surface area contributed by atoms with E-state index in [1.807, 2.05) is 32.9 Å². The molecule has 0 spiro atoms. The van der Waals surface area contributed by atoms with E-state index >= 15 is 0 Å². The van der Waals surface area contributed by atoms with E-state index in [1.165, 1.54) is 19.1 Å². The van der Waals surface area contributed by atoms with E-state index in [4.69, 9.17) is 4.74 Å². The Morgan fingerprint density at radius 2 is 2.00 bits per heavy atom. The lowest BCUT2D eigenvalue weighted by molar-refractivity contribution is -0.140. The summed E-state index contributed by atoms with van der Waals surface area (Å²) < 4.78 is 5.54. The minimum atomic E-state index is -0.697. The molecule has 4 aliphatic carbocycles. The number of ketones is 2. The minimum Gasteiger partial charge on any atom is -0.427 e. The molecule has 0 unspecified atom stereocenters. The molecule has 0 bridgehead atoms. The molecule has 0 aromatic rings. The largest absolute Gasteiger partial charge is 0.427 e. The average molecular weight is 414 g/mol. The number of aliphatic hydroxyl groups excluding tert-OH is 2. The van der Waals surface area contributed by atoms with Crippen molar-refractivity contribution in [1.29, 1.82) is 0 Å². The smallest absolute Gasteiger partial charge is 0.308 e. The molecule has 0 aromatic heterocycles. The number of hydrogen-bond acceptors (Lipinski definition) is 6. The number of Topliss-reactive ketones (excluding diaryl/α,β-unsaturated/α-hetero) is 1. The van der Waals surface area contributed by atoms with Crippen molar-refractivity contribution in [3.05, 3.63) is 35.6 Å². The summed E-state index contributed by atoms with van der Waals surface area (Å²) >= 11 is 0. The Morgan fingerprint density at radius 1 is 1.30 bits per heavy atom. The molecular weight excluding hydrogens is 384 g/mol. The highest BCUT2D eigenvalue weighted by Gasteiger charge is 2.64. The van der Waals surface area contributed by atoms with E-state index < -0.39 is 29.5 Å². The number of allylic oxidation sites excluding steroid dienone is 5. The lowest BCUT2D eigenvalue weighted by atomic mass is 9.48. The third-order valence-corrected chi connectivity index (χ3v) is 8.21. The summed E-state index contributed by atoms with van der Waals surface area (Å²) in [7, 11) is 0. The van der Waals surface area contributed by atoms with Crippen LogP contribution in [-0.2, 0) is 19.1 Å². The zero-order valence-corrected chi connectivity index (χ0v) is 17.9. The van der Waals surface area contributed by atoms with Crippen LogP contribution < -0.4 is 0 Å². The molecule has 2 fully saturated rings. The molecule has 0 aromatic carbocycles. The summed E-state index contributed by atoms with van der Waals surface area (Å²) in [6, 6.07) is 0. The van der Waals surface area contributed by atoms with Crippen LogP contribution in [0.1, 0.15) is 40.5 Å². The number of ether oxygens (including phenoxy) is 1. The number of fused-ring (bicyclic) bond motifs is 5. The highest BCUT2D eigenvalue weighted by Crippen LogP contribution is 2.66. The van der Waals surface area contributed by atoms with Gasteiger partial charge in [-0.15, -0.1) is 0 Å². The van der Waals surface area contributed by atoms with Crippen molar-refractivity contribution in [2.75, 3.05) is 6.61 Å². The van der Waals surface area contributed by atoms with Crippen molar-refractivity contribution < 1.29 is 29.3 Å². The van der Waals surface area contributed by atoms with Crippen LogP contribution in [0, 0.1) is 40.4 Å². The van der Waals surface area contributed by atoms with Gasteiger partial charge in [-0.2, -0.15) is 0 Å². The normalized spacial score (nSPS) is 44.4. The van der Waals surface area contributed by atoms with E-state index in [9.17, 15) is 24.6 Å². The molecule has 0 saturated heterocycles. The van der Waals surface area contributed by atoms with Crippen molar-refractivity contribution in [3.63, 3.8) is 0 Å². The second-order valence-corrected chi connectivity index (χ2v) is 10.0. The molecule has 162 valence electrons. The van der Waals surface area contributed by atoms with Gasteiger partial charge in [-0.05, 0) is 54.2 Å². The molecule has 0 aliphatic heterocycles. The Labute approximate surface area is 176 Å². The van der Waals surface area contributed by atoms with Gasteiger partial charge in [0.2, 0.25) is 0 Å². The van der Waals surface area contributed by atoms with E-state index in [-0.39, 0.29) is 41.2 Å². The van der Waals surface area contributed by atoms with Gasteiger partial charge in [0.1, 0.15) is 12.4 Å². The standard InChI is InChI=1S/C24H30O6/c1-12-7-16-15-9-20(30-13(2)26)17-8-14(27)5-6-23(17,3)22(15)18(28)10-24(16,4)21(12)19(29)11-25/h5-6,8-9,12,15-16,18,21-22,25,28H,7,10-11H2,1-4H3/t12-,15+,16+,18+,21-,22-,23+,24+/m1/s1. The molecule has 0 amide bonds. The van der Waals surface area contributed by atoms with Crippen LogP contribution in [0.5, 0.6) is 0 Å². The van der Waals surface area contributed by atoms with E-state index in [2.05, 4.69) is 0 Å². The zero-order chi connectivity index (χ0) is 22.0. The summed E-state index contributed by atoms with van der Waals surface area (Å²) in [5.41, 5.74) is -0.479. The Hall–Kier alpha value is -2.05. The SMILES string of the molecule is CC(=O)OC1=C[C@@H]2[C@H]([C@@H](O)C[C@@]3(C)[C@H]2C[C@@H](C)[C@@H]3C(=O)CO)[C@@]2(C)C=CC(=O)C=C12. The van der Waals surface area contributed by atoms with Crippen LogP contribution >= 0.6 is 0 Å². The molecule has 6 heteroatoms. The molecule has 2 N–H and O–H groups in total. The maximum absolute atomic E-state index is 12.6. The highest BCUT2D eigenvalue weighted by atomic mass is 16.5. The van der Waals surface area contributed by atoms with Crippen molar-refractivity contribution in [2.24, 2.45) is 40.4 Å². The molecule has 2 saturated carbocycles. The fourth-order valence-electron chi connectivity index (χ4n) is 7.28. The predicted octanol–water partition coefficient (Wildman–Crippen LogP) is 2.36. The fraction of sp³-hybridized carbons (Fsp3) is 0.625. The highest BCUT2D eigenvalue weighted by molar-refractivity contribution is 6.02. The predicted molar refractivity (Wildman–Crippen MR) is 109 cm³/mol. The number of esters is 1. The first-order chi connectivity index (χ1) is 14.0. The van der Waals surface area contributed by atoms with Gasteiger partial charge in [-0.1, -0.05) is 26.8 Å². The molecular formula is C24H30O6. The van der Waals surface area contributed by atoms with Gasteiger partial charge in [-0.25, -0.2) is 0 Å². The molecule has 30 heavy (non-hydrogen) atoms. The molecule has 4 aliphatic rings. The van der Waals surface area contributed by atoms with Crippen molar-refractivity contribution in [1.82, 2.24) is 0 Å². The van der Waals surface area contributed by atoms with Gasteiger partial charge >= 0.3 is 5.97 Å². The van der Waals surface area contributed by atoms with Crippen molar-refractivity contribution >= 4 is 17.5 Å². The quantitative estimate of drug-likeness (QED) is 0.688. The zero-order valence-electron chi connectivity index (χ0n) is 17.9. The van der Waals surface area contributed by atoms with Gasteiger partial charge < -0.3 is 14.9 Å². The fourth-order valence-corrected chi connectivity index (χ4v) is 7.28. The van der Waals surface area contributed by atoms with E-state index in [1.54, 1.807) is 0 Å². The van der Waals surface area contributed by atoms with Crippen LogP contribution in [-0.4, -0.2) is 40.5 Å². The molecule has 0 radical (unpaired) electrons. The molecule has 6 nitrogen and oxygen atoms in total. The summed E-state index contributed by atoms with van der Waals surface area (Å²) in [6.07, 6.45) is 7.31. The van der Waals surface area contributed by atoms with Gasteiger partial charge in [0.05, 0.1) is 6.10 Å². The lowest BCUT2D eigenvalue weighted by Crippen LogP contribution is -2.56. The monoisotopic (exact) mass is 414 g/mol. The minimum absolute atomic E-state index is 0.0874. The Bertz CT molecular complexity index is 897. The first kappa shape index (κ1) is 21.2. The van der Waals surface area contributed by atoms with Gasteiger partial charge in [0, 0.05) is 29.7 Å². The first-order valence-electron chi connectivity index (χ1n) is 10.7. The average Bonchev–Trinajstić information content (AvgIpc) is 2.91. The number of hydrogen-bond donors (Lipinski definition) is 2. The first-order valence-corrected chi connectivity index (χ1v) is 10.7. The number of rotatable bonds is 3. The maximum atomic E-state index is 12.6. The van der Waals surface area contributed by atoms with Crippen LogP contribution in [0.3, 0.4) is 0 Å². The van der Waals surface area contributed by atoms with Gasteiger partial charge in [0.25, 0.3) is 0 Å². The van der Waals surface area contributed by atoms with E-state index in [0.717, 1.165) is 6.42 Å². The van der Waals surface area contributed by atoms with Crippen LogP contribution in [0.15, 0.2) is 35.6 Å². The topological polar surface area (TPSA) is 101 Å². The summed E-state index contributed by atoms with van der Waals surface area (Å²) in [5.74, 6) is -0.872. The molecule has 8 atom stereocenters. The second-order valence-electron chi connectivity index (χ2n) is 10.0. The molecule has 4 rings (SSSR count). The van der Waals surface area contributed by atoms with Crippen LogP contribution in [0.4, 0.5) is 0 Å². The van der Waals surface area contributed by atoms with Crippen molar-refractivity contribution in [2.45, 2.75) is 46.6 Å². The van der Waals surface area contributed by atoms with Crippen LogP contribution in [0.25, 0.3) is 0 Å². The third-order valence-electron chi connectivity index (χ3n) is 8.21. The molecule has 0 heterocycles. The number of carbonyl (C=O) groups is 3. The number of aliphatic hydroxyl groups is 2. The Morgan fingerprint density at radius 3 is 2.63 bits per heavy atom. The Balaban J connectivity index is 1.86. The Kier molecular flexibility index (Phi) is 4.94. The van der Waals surface area contributed by atoms with Gasteiger partial charge in [0.15, 0.2) is 11.6 Å². The van der Waals surface area contributed by atoms with Crippen LogP contribution in [0.2, 0.25) is 0 Å². The second kappa shape index (κ2) is 6.99. The summed E-state index contributed by atoms with van der Waals surface area (Å²) in [6.45, 7) is 6.90. The van der Waals surface area contributed by atoms with Crippen molar-refractivity contribution in [3.8, 4) is 0 Å². The number of carbonyl (C=O) groups excluding carboxylic acids is 3. The van der Waals surface area contributed by atoms with Gasteiger partial charge in [-0.3, -0.25) is 14.4 Å². The third kappa shape index (κ3) is 2.88. The lowest BCUT2D eigenvalue weighted by Gasteiger charge is -2.57. The summed E-state index contributed by atoms with van der Waals surface area (Å²) in [4.78, 5) is 36.5.